The van der Waals surface area contributed by atoms with Crippen molar-refractivity contribution in [3.63, 3.8) is 0 Å². The molecule has 344 valence electrons. The Kier molecular flexibility index (Phi) is 16.4. The van der Waals surface area contributed by atoms with E-state index in [0.29, 0.717) is 89.4 Å². The number of thiophene rings is 2. The molecule has 0 radical (unpaired) electrons. The Morgan fingerprint density at radius 2 is 1.18 bits per heavy atom. The van der Waals surface area contributed by atoms with Crippen molar-refractivity contribution in [2.75, 3.05) is 78.8 Å². The Hall–Kier alpha value is -4.25. The average Bonchev–Trinajstić information content (AvgIpc) is 4.15. The van der Waals surface area contributed by atoms with Gasteiger partial charge in [-0.15, -0.1) is 45.3 Å². The molecule has 4 saturated heterocycles. The molecule has 0 bridgehead atoms. The molecule has 6 aromatic rings. The molecule has 1 N–H and O–H groups in total. The number of halogens is 3. The number of urea groups is 2. The van der Waals surface area contributed by atoms with E-state index < -0.39 is 5.24 Å². The van der Waals surface area contributed by atoms with Crippen molar-refractivity contribution in [3.8, 4) is 0 Å². The Balaban J connectivity index is 0.000000155. The second-order valence-electron chi connectivity index (χ2n) is 15.5. The number of thiazole rings is 2. The summed E-state index contributed by atoms with van der Waals surface area (Å²) in [5.74, 6) is 0.239. The third-order valence-electron chi connectivity index (χ3n) is 11.2. The van der Waals surface area contributed by atoms with Crippen molar-refractivity contribution in [1.29, 1.82) is 0 Å². The maximum Gasteiger partial charge on any atom is 0.320 e. The molecule has 23 heteroatoms. The third kappa shape index (κ3) is 12.4. The first-order chi connectivity index (χ1) is 31.6. The number of aromatic amines is 1. The molecule has 0 atom stereocenters. The van der Waals surface area contributed by atoms with E-state index in [9.17, 15) is 19.2 Å². The summed E-state index contributed by atoms with van der Waals surface area (Å²) < 4.78 is 13.7. The summed E-state index contributed by atoms with van der Waals surface area (Å²) in [7, 11) is 0. The van der Waals surface area contributed by atoms with Gasteiger partial charge in [-0.25, -0.2) is 19.6 Å². The number of morpholine rings is 2. The lowest BCUT2D eigenvalue weighted by Crippen LogP contribution is -2.56. The highest BCUT2D eigenvalue weighted by Gasteiger charge is 2.38. The minimum atomic E-state index is -0.494. The molecule has 10 rings (SSSR count). The summed E-state index contributed by atoms with van der Waals surface area (Å²) in [5, 5.41) is 15.1. The average molecular weight is 1020 g/mol. The van der Waals surface area contributed by atoms with Crippen molar-refractivity contribution in [2.24, 2.45) is 0 Å². The van der Waals surface area contributed by atoms with E-state index >= 15 is 0 Å². The number of aromatic nitrogens is 6. The highest BCUT2D eigenvalue weighted by Crippen LogP contribution is 2.31. The molecule has 4 fully saturated rings. The number of H-pyrrole nitrogens is 1. The zero-order valence-corrected chi connectivity index (χ0v) is 40.5. The van der Waals surface area contributed by atoms with Crippen LogP contribution in [0.1, 0.15) is 65.3 Å². The molecular weight excluding hydrogens is 975 g/mol. The van der Waals surface area contributed by atoms with E-state index in [1.807, 2.05) is 43.9 Å². The summed E-state index contributed by atoms with van der Waals surface area (Å²) >= 11 is 23.0. The van der Waals surface area contributed by atoms with Crippen LogP contribution in [-0.2, 0) is 35.2 Å². The zero-order valence-electron chi connectivity index (χ0n) is 35.0. The topological polar surface area (TPSA) is 172 Å². The van der Waals surface area contributed by atoms with Gasteiger partial charge in [0, 0.05) is 96.1 Å². The summed E-state index contributed by atoms with van der Waals surface area (Å²) in [6, 6.07) is 12.2. The van der Waals surface area contributed by atoms with E-state index in [-0.39, 0.29) is 23.9 Å². The molecule has 4 amide bonds. The standard InChI is InChI=1S/C21H22ClN5O3S2.C17H21ClN4O2S.C4H2ClNOS/c22-19-4-3-16(32-19)2-1-15-9-17(24-27(15)20(28)18-12-31-13-23-18)14-10-26(11-14)21(29)25-5-7-30-8-6-25;18-16-4-3-14(25-16)2-1-13-9-15(20-19-13)12-10-22(11-12)17(23)21-5-7-24-8-6-21;5-4(7)3-1-8-2-6-3/h3-4,9,12-14H,1-2,5-8,10-11H2;3-4,9,12H,1-2,5-8,10-11H2,(H,19,20);1-2H. The number of nitrogens with one attached hydrogen (secondary N) is 1. The summed E-state index contributed by atoms with van der Waals surface area (Å²) in [6.45, 7) is 7.83. The van der Waals surface area contributed by atoms with Crippen molar-refractivity contribution >= 4 is 103 Å². The molecule has 4 aliphatic rings. The molecule has 0 aliphatic carbocycles. The van der Waals surface area contributed by atoms with Crippen molar-refractivity contribution in [2.45, 2.75) is 37.5 Å². The Labute approximate surface area is 406 Å². The van der Waals surface area contributed by atoms with Crippen LogP contribution < -0.4 is 0 Å². The van der Waals surface area contributed by atoms with Crippen LogP contribution in [0.5, 0.6) is 0 Å². The second kappa shape index (κ2) is 22.5. The minimum absolute atomic E-state index is 0.0531. The van der Waals surface area contributed by atoms with Gasteiger partial charge in [0.15, 0.2) is 0 Å². The fraction of sp³-hybridized carbons (Fsp3) is 0.429. The summed E-state index contributed by atoms with van der Waals surface area (Å²) in [6.07, 6.45) is 3.33. The second-order valence-corrected chi connectivity index (χ2v) is 20.9. The van der Waals surface area contributed by atoms with E-state index in [0.717, 1.165) is 68.7 Å². The SMILES string of the molecule is O=C(Cl)c1cscn1.O=C(N1CCOCC1)N1CC(c2cc(CCc3ccc(Cl)s3)[nH]n2)C1.O=C(N1CCOCC1)N1CC(c2cc(CCc3ccc(Cl)s3)n(C(=O)c3cscn3)n2)C1. The van der Waals surface area contributed by atoms with Gasteiger partial charge in [-0.3, -0.25) is 14.7 Å². The number of rotatable bonds is 10. The Morgan fingerprint density at radius 3 is 1.66 bits per heavy atom. The lowest BCUT2D eigenvalue weighted by atomic mass is 9.96. The largest absolute Gasteiger partial charge is 0.378 e. The number of carbonyl (C=O) groups is 4. The van der Waals surface area contributed by atoms with E-state index in [4.69, 9.17) is 44.3 Å². The van der Waals surface area contributed by atoms with Crippen molar-refractivity contribution in [3.05, 3.63) is 111 Å². The Bertz CT molecular complexity index is 2500. The maximum absolute atomic E-state index is 13.0. The summed E-state index contributed by atoms with van der Waals surface area (Å²) in [4.78, 5) is 66.0. The molecule has 65 heavy (non-hydrogen) atoms. The number of carbonyl (C=O) groups excluding carboxylic acids is 4. The van der Waals surface area contributed by atoms with Gasteiger partial charge < -0.3 is 29.1 Å². The number of aryl methyl sites for hydroxylation is 4. The molecule has 0 aromatic carbocycles. The number of hydrogen-bond acceptors (Lipinski definition) is 14. The van der Waals surface area contributed by atoms with Gasteiger partial charge in [0.25, 0.3) is 11.1 Å². The van der Waals surface area contributed by atoms with Crippen LogP contribution in [0.2, 0.25) is 8.67 Å². The predicted molar refractivity (Wildman–Crippen MR) is 253 cm³/mol. The van der Waals surface area contributed by atoms with Gasteiger partial charge in [0.1, 0.15) is 11.4 Å². The lowest BCUT2D eigenvalue weighted by molar-refractivity contribution is 0.0346. The highest BCUT2D eigenvalue weighted by atomic mass is 35.5. The number of amides is 4. The van der Waals surface area contributed by atoms with Gasteiger partial charge in [0.05, 0.1) is 57.5 Å². The molecule has 0 spiro atoms. The van der Waals surface area contributed by atoms with E-state index in [1.165, 1.54) is 32.2 Å². The molecule has 0 saturated carbocycles. The first kappa shape index (κ1) is 47.3. The number of nitrogens with zero attached hydrogens (tertiary/aromatic N) is 9. The van der Waals surface area contributed by atoms with Crippen LogP contribution in [0.4, 0.5) is 9.59 Å². The number of hydrogen-bond donors (Lipinski definition) is 1. The van der Waals surface area contributed by atoms with E-state index in [1.54, 1.807) is 44.5 Å². The van der Waals surface area contributed by atoms with E-state index in [2.05, 4.69) is 37.4 Å². The predicted octanol–water partition coefficient (Wildman–Crippen LogP) is 7.66. The molecule has 0 unspecified atom stereocenters. The Morgan fingerprint density at radius 1 is 0.662 bits per heavy atom. The van der Waals surface area contributed by atoms with Crippen LogP contribution in [0.25, 0.3) is 0 Å². The first-order valence-corrected chi connectivity index (χ1v) is 25.6. The van der Waals surface area contributed by atoms with Gasteiger partial charge in [-0.2, -0.15) is 14.9 Å². The zero-order chi connectivity index (χ0) is 45.3. The van der Waals surface area contributed by atoms with Gasteiger partial charge >= 0.3 is 12.1 Å². The van der Waals surface area contributed by atoms with Crippen LogP contribution in [0.3, 0.4) is 0 Å². The first-order valence-electron chi connectivity index (χ1n) is 20.9. The maximum atomic E-state index is 13.0. The monoisotopic (exact) mass is 1020 g/mol. The molecule has 16 nitrogen and oxygen atoms in total. The molecular formula is C42H45Cl3N10O6S4. The minimum Gasteiger partial charge on any atom is -0.378 e. The van der Waals surface area contributed by atoms with Gasteiger partial charge in [0.2, 0.25) is 0 Å². The smallest absolute Gasteiger partial charge is 0.320 e. The number of ether oxygens (including phenoxy) is 2. The molecule has 6 aromatic heterocycles. The fourth-order valence-electron chi connectivity index (χ4n) is 7.48. The summed E-state index contributed by atoms with van der Waals surface area (Å²) in [5.41, 5.74) is 7.82. The third-order valence-corrected chi connectivity index (χ3v) is 15.1. The van der Waals surface area contributed by atoms with Crippen LogP contribution >= 0.6 is 80.1 Å². The molecule has 4 aliphatic heterocycles. The van der Waals surface area contributed by atoms with Crippen LogP contribution in [-0.4, -0.2) is 152 Å². The van der Waals surface area contributed by atoms with Crippen molar-refractivity contribution < 1.29 is 28.7 Å². The van der Waals surface area contributed by atoms with Crippen LogP contribution in [0, 0.1) is 0 Å². The van der Waals surface area contributed by atoms with Crippen LogP contribution in [0.15, 0.2) is 58.2 Å². The van der Waals surface area contributed by atoms with Gasteiger partial charge in [-0.05, 0) is 73.7 Å². The van der Waals surface area contributed by atoms with Gasteiger partial charge in [-0.1, -0.05) is 23.2 Å². The molecule has 10 heterocycles. The normalized spacial score (nSPS) is 16.5. The number of likely N-dealkylation sites (tertiary alicyclic amines) is 2. The lowest BCUT2D eigenvalue weighted by Gasteiger charge is -2.42. The highest BCUT2D eigenvalue weighted by molar-refractivity contribution is 7.16. The quantitative estimate of drug-likeness (QED) is 0.134. The van der Waals surface area contributed by atoms with Crippen molar-refractivity contribution in [1.82, 2.24) is 49.5 Å². The fourth-order valence-corrected chi connectivity index (χ4v) is 10.9.